The number of aromatic amines is 1. The predicted octanol–water partition coefficient (Wildman–Crippen LogP) is 4.81. The van der Waals surface area contributed by atoms with Crippen molar-refractivity contribution in [1.82, 2.24) is 20.3 Å². The maximum atomic E-state index is 12.7. The SMILES string of the molecule is Cc1ncccc1-c1cnc2[nH]cc(-c3ccc4c(c3)C3(CCNCC3)CC4=O)c2c1. The molecule has 1 aliphatic heterocycles. The molecule has 154 valence electrons. The van der Waals surface area contributed by atoms with Crippen LogP contribution < -0.4 is 5.32 Å². The molecule has 1 spiro atoms. The van der Waals surface area contributed by atoms with E-state index in [1.54, 1.807) is 0 Å². The van der Waals surface area contributed by atoms with Gasteiger partial charge in [0.1, 0.15) is 5.65 Å². The molecular weight excluding hydrogens is 384 g/mol. The number of hydrogen-bond acceptors (Lipinski definition) is 4. The minimum atomic E-state index is -0.00395. The van der Waals surface area contributed by atoms with Crippen LogP contribution in [-0.4, -0.2) is 33.8 Å². The molecule has 2 aliphatic rings. The predicted molar refractivity (Wildman–Crippen MR) is 122 cm³/mol. The fraction of sp³-hybridized carbons (Fsp3) is 0.269. The number of carbonyl (C=O) groups is 1. The van der Waals surface area contributed by atoms with E-state index in [2.05, 4.69) is 44.5 Å². The Balaban J connectivity index is 1.49. The van der Waals surface area contributed by atoms with Gasteiger partial charge in [-0.05, 0) is 62.2 Å². The van der Waals surface area contributed by atoms with Crippen LogP contribution in [0.2, 0.25) is 0 Å². The van der Waals surface area contributed by atoms with Gasteiger partial charge in [-0.1, -0.05) is 18.2 Å². The van der Waals surface area contributed by atoms with Crippen LogP contribution in [0.4, 0.5) is 0 Å². The van der Waals surface area contributed by atoms with Crippen LogP contribution in [0.5, 0.6) is 0 Å². The van der Waals surface area contributed by atoms with E-state index in [0.29, 0.717) is 12.2 Å². The number of fused-ring (bicyclic) bond motifs is 3. The Morgan fingerprint density at radius 2 is 1.84 bits per heavy atom. The Labute approximate surface area is 180 Å². The van der Waals surface area contributed by atoms with Gasteiger partial charge in [0.2, 0.25) is 0 Å². The van der Waals surface area contributed by atoms with Gasteiger partial charge in [0, 0.05) is 63.8 Å². The molecule has 0 amide bonds. The summed E-state index contributed by atoms with van der Waals surface area (Å²) >= 11 is 0. The molecule has 0 bridgehead atoms. The summed E-state index contributed by atoms with van der Waals surface area (Å²) in [4.78, 5) is 25.2. The van der Waals surface area contributed by atoms with Gasteiger partial charge in [0.15, 0.2) is 5.78 Å². The first kappa shape index (κ1) is 18.5. The number of aromatic nitrogens is 3. The lowest BCUT2D eigenvalue weighted by Crippen LogP contribution is -2.38. The number of Topliss-reactive ketones (excluding diaryl/α,β-unsaturated/α-hetero) is 1. The van der Waals surface area contributed by atoms with Crippen molar-refractivity contribution in [2.24, 2.45) is 0 Å². The topological polar surface area (TPSA) is 70.7 Å². The zero-order valence-electron chi connectivity index (χ0n) is 17.5. The van der Waals surface area contributed by atoms with Crippen LogP contribution in [0.3, 0.4) is 0 Å². The normalized spacial score (nSPS) is 17.4. The van der Waals surface area contributed by atoms with Gasteiger partial charge in [-0.2, -0.15) is 0 Å². The maximum absolute atomic E-state index is 12.7. The molecule has 31 heavy (non-hydrogen) atoms. The van der Waals surface area contributed by atoms with Gasteiger partial charge in [-0.3, -0.25) is 9.78 Å². The molecule has 2 N–H and O–H groups in total. The van der Waals surface area contributed by atoms with E-state index >= 15 is 0 Å². The van der Waals surface area contributed by atoms with E-state index in [0.717, 1.165) is 70.5 Å². The van der Waals surface area contributed by atoms with Crippen LogP contribution in [0.15, 0.2) is 55.0 Å². The minimum Gasteiger partial charge on any atom is -0.346 e. The second-order valence-electron chi connectivity index (χ2n) is 8.85. The summed E-state index contributed by atoms with van der Waals surface area (Å²) in [5.41, 5.74) is 8.42. The molecule has 6 rings (SSSR count). The molecule has 1 aromatic carbocycles. The highest BCUT2D eigenvalue weighted by Gasteiger charge is 2.43. The van der Waals surface area contributed by atoms with Crippen LogP contribution in [0, 0.1) is 6.92 Å². The number of piperidine rings is 1. The van der Waals surface area contributed by atoms with Gasteiger partial charge in [0.25, 0.3) is 0 Å². The Kier molecular flexibility index (Phi) is 4.08. The van der Waals surface area contributed by atoms with Crippen molar-refractivity contribution in [3.05, 3.63) is 71.8 Å². The van der Waals surface area contributed by atoms with Crippen molar-refractivity contribution in [1.29, 1.82) is 0 Å². The van der Waals surface area contributed by atoms with Gasteiger partial charge in [0.05, 0.1) is 0 Å². The van der Waals surface area contributed by atoms with Crippen molar-refractivity contribution in [2.45, 2.75) is 31.6 Å². The van der Waals surface area contributed by atoms with Crippen molar-refractivity contribution < 1.29 is 4.79 Å². The van der Waals surface area contributed by atoms with Crippen LogP contribution in [-0.2, 0) is 5.41 Å². The molecule has 4 aromatic rings. The van der Waals surface area contributed by atoms with Gasteiger partial charge in [-0.15, -0.1) is 0 Å². The number of benzene rings is 1. The first-order valence-electron chi connectivity index (χ1n) is 10.9. The standard InChI is InChI=1S/C26H24N4O/c1-16-19(3-2-8-28-16)18-11-21-22(15-30-25(21)29-14-18)17-4-5-20-23(12-17)26(13-24(20)31)6-9-27-10-7-26/h2-5,8,11-12,14-15,27H,6-7,9-10,13H2,1H3,(H,29,30). The smallest absolute Gasteiger partial charge is 0.164 e. The molecule has 5 heteroatoms. The van der Waals surface area contributed by atoms with Crippen molar-refractivity contribution in [2.75, 3.05) is 13.1 Å². The van der Waals surface area contributed by atoms with Gasteiger partial charge < -0.3 is 10.3 Å². The van der Waals surface area contributed by atoms with E-state index in [1.807, 2.05) is 37.6 Å². The van der Waals surface area contributed by atoms with E-state index in [1.165, 1.54) is 5.56 Å². The first-order valence-corrected chi connectivity index (χ1v) is 10.9. The third-order valence-corrected chi connectivity index (χ3v) is 7.11. The third-order valence-electron chi connectivity index (χ3n) is 7.11. The summed E-state index contributed by atoms with van der Waals surface area (Å²) in [7, 11) is 0. The molecule has 0 saturated carbocycles. The first-order chi connectivity index (χ1) is 15.1. The second kappa shape index (κ2) is 6.86. The average Bonchev–Trinajstić information content (AvgIpc) is 3.33. The highest BCUT2D eigenvalue weighted by molar-refractivity contribution is 6.04. The Morgan fingerprint density at radius 1 is 0.968 bits per heavy atom. The number of hydrogen-bond donors (Lipinski definition) is 2. The summed E-state index contributed by atoms with van der Waals surface area (Å²) in [6.45, 7) is 3.97. The summed E-state index contributed by atoms with van der Waals surface area (Å²) < 4.78 is 0. The van der Waals surface area contributed by atoms with E-state index < -0.39 is 0 Å². The summed E-state index contributed by atoms with van der Waals surface area (Å²) in [6.07, 6.45) is 8.44. The lowest BCUT2D eigenvalue weighted by atomic mass is 9.74. The number of nitrogens with one attached hydrogen (secondary N) is 2. The van der Waals surface area contributed by atoms with Crippen LogP contribution in [0.25, 0.3) is 33.3 Å². The number of nitrogens with zero attached hydrogens (tertiary/aromatic N) is 2. The number of rotatable bonds is 2. The fourth-order valence-corrected chi connectivity index (χ4v) is 5.42. The van der Waals surface area contributed by atoms with Crippen LogP contribution >= 0.6 is 0 Å². The molecule has 5 nitrogen and oxygen atoms in total. The number of aryl methyl sites for hydroxylation is 1. The molecule has 1 aliphatic carbocycles. The van der Waals surface area contributed by atoms with Gasteiger partial charge >= 0.3 is 0 Å². The zero-order chi connectivity index (χ0) is 21.0. The van der Waals surface area contributed by atoms with Crippen LogP contribution in [0.1, 0.15) is 40.9 Å². The number of H-pyrrole nitrogens is 1. The Bertz CT molecular complexity index is 1330. The molecule has 0 unspecified atom stereocenters. The van der Waals surface area contributed by atoms with Crippen molar-refractivity contribution in [3.63, 3.8) is 0 Å². The molecule has 4 heterocycles. The average molecular weight is 409 g/mol. The Morgan fingerprint density at radius 3 is 2.68 bits per heavy atom. The molecule has 0 atom stereocenters. The molecule has 0 radical (unpaired) electrons. The van der Waals surface area contributed by atoms with E-state index in [-0.39, 0.29) is 5.41 Å². The zero-order valence-corrected chi connectivity index (χ0v) is 17.5. The molecule has 3 aromatic heterocycles. The van der Waals surface area contributed by atoms with E-state index in [9.17, 15) is 4.79 Å². The van der Waals surface area contributed by atoms with Crippen molar-refractivity contribution in [3.8, 4) is 22.3 Å². The minimum absolute atomic E-state index is 0.00395. The Hall–Kier alpha value is -3.31. The number of carbonyl (C=O) groups excluding carboxylic acids is 1. The fourth-order valence-electron chi connectivity index (χ4n) is 5.42. The maximum Gasteiger partial charge on any atom is 0.164 e. The highest BCUT2D eigenvalue weighted by Crippen LogP contribution is 2.46. The molecule has 1 fully saturated rings. The quantitative estimate of drug-likeness (QED) is 0.499. The second-order valence-corrected chi connectivity index (χ2v) is 8.85. The monoisotopic (exact) mass is 408 g/mol. The lowest BCUT2D eigenvalue weighted by Gasteiger charge is -2.34. The summed E-state index contributed by atoms with van der Waals surface area (Å²) in [5.74, 6) is 0.290. The largest absolute Gasteiger partial charge is 0.346 e. The van der Waals surface area contributed by atoms with E-state index in [4.69, 9.17) is 0 Å². The lowest BCUT2D eigenvalue weighted by molar-refractivity contribution is 0.0964. The number of ketones is 1. The molecular formula is C26H24N4O. The number of pyridine rings is 2. The third kappa shape index (κ3) is 2.84. The summed E-state index contributed by atoms with van der Waals surface area (Å²) in [5, 5.41) is 4.53. The molecule has 1 saturated heterocycles. The van der Waals surface area contributed by atoms with Gasteiger partial charge in [-0.25, -0.2) is 4.98 Å². The summed E-state index contributed by atoms with van der Waals surface area (Å²) in [6, 6.07) is 12.6. The highest BCUT2D eigenvalue weighted by atomic mass is 16.1. The van der Waals surface area contributed by atoms with Crippen molar-refractivity contribution >= 4 is 16.8 Å².